The molecule has 1 amide bonds. The number of morpholine rings is 1. The molecule has 1 aromatic rings. The van der Waals surface area contributed by atoms with Gasteiger partial charge in [0, 0.05) is 24.7 Å². The molecule has 7 heteroatoms. The van der Waals surface area contributed by atoms with Gasteiger partial charge in [0.1, 0.15) is 11.5 Å². The number of carbonyl (C=O) groups is 1. The molecule has 0 saturated carbocycles. The van der Waals surface area contributed by atoms with Crippen LogP contribution in [0, 0.1) is 0 Å². The lowest BCUT2D eigenvalue weighted by molar-refractivity contribution is -0.113. The van der Waals surface area contributed by atoms with Crippen molar-refractivity contribution in [2.45, 2.75) is 0 Å². The number of benzene rings is 1. The summed E-state index contributed by atoms with van der Waals surface area (Å²) >= 11 is 1.39. The summed E-state index contributed by atoms with van der Waals surface area (Å²) in [5.41, 5.74) is 0.822. The molecular weight excluding hydrogens is 316 g/mol. The van der Waals surface area contributed by atoms with Crippen molar-refractivity contribution in [2.75, 3.05) is 40.5 Å². The van der Waals surface area contributed by atoms with Crippen LogP contribution in [0.15, 0.2) is 28.1 Å². The molecule has 0 aromatic heterocycles. The number of thioether (sulfide) groups is 1. The van der Waals surface area contributed by atoms with E-state index in [0.29, 0.717) is 29.6 Å². The number of nitrogens with zero attached hydrogens (tertiary/aromatic N) is 2. The zero-order chi connectivity index (χ0) is 16.2. The molecule has 1 fully saturated rings. The quantitative estimate of drug-likeness (QED) is 0.788. The Morgan fingerprint density at radius 1 is 1.26 bits per heavy atom. The second-order valence-corrected chi connectivity index (χ2v) is 6.03. The molecule has 0 N–H and O–H groups in total. The van der Waals surface area contributed by atoms with E-state index < -0.39 is 0 Å². The van der Waals surface area contributed by atoms with Gasteiger partial charge in [0.15, 0.2) is 5.17 Å². The molecule has 1 aromatic carbocycles. The van der Waals surface area contributed by atoms with E-state index in [1.54, 1.807) is 20.3 Å². The number of hydrogen-bond acceptors (Lipinski definition) is 6. The van der Waals surface area contributed by atoms with Gasteiger partial charge >= 0.3 is 0 Å². The predicted molar refractivity (Wildman–Crippen MR) is 89.9 cm³/mol. The Balaban J connectivity index is 1.80. The average molecular weight is 334 g/mol. The fourth-order valence-electron chi connectivity index (χ4n) is 2.37. The number of ether oxygens (including phenoxy) is 3. The van der Waals surface area contributed by atoms with Crippen molar-refractivity contribution in [2.24, 2.45) is 4.99 Å². The lowest BCUT2D eigenvalue weighted by Crippen LogP contribution is -2.38. The minimum absolute atomic E-state index is 0.214. The Labute approximate surface area is 139 Å². The summed E-state index contributed by atoms with van der Waals surface area (Å²) in [5.74, 6) is 1.15. The summed E-state index contributed by atoms with van der Waals surface area (Å²) in [5, 5.41) is 0.747. The molecule has 6 nitrogen and oxygen atoms in total. The van der Waals surface area contributed by atoms with Gasteiger partial charge in [-0.2, -0.15) is 4.99 Å². The molecule has 1 saturated heterocycles. The molecule has 0 aliphatic carbocycles. The van der Waals surface area contributed by atoms with Crippen molar-refractivity contribution in [3.05, 3.63) is 28.7 Å². The molecule has 0 atom stereocenters. The average Bonchev–Trinajstić information content (AvgIpc) is 2.97. The van der Waals surface area contributed by atoms with Crippen molar-refractivity contribution < 1.29 is 19.0 Å². The highest BCUT2D eigenvalue weighted by Gasteiger charge is 2.27. The van der Waals surface area contributed by atoms with Crippen molar-refractivity contribution in [3.8, 4) is 11.5 Å². The summed E-state index contributed by atoms with van der Waals surface area (Å²) in [6.45, 7) is 2.86. The van der Waals surface area contributed by atoms with Gasteiger partial charge in [-0.25, -0.2) is 0 Å². The van der Waals surface area contributed by atoms with E-state index in [1.165, 1.54) is 11.8 Å². The second-order valence-electron chi connectivity index (χ2n) is 5.02. The third-order valence-corrected chi connectivity index (χ3v) is 4.66. The van der Waals surface area contributed by atoms with E-state index in [9.17, 15) is 4.79 Å². The summed E-state index contributed by atoms with van der Waals surface area (Å²) in [6, 6.07) is 5.49. The fraction of sp³-hybridized carbons (Fsp3) is 0.375. The first-order valence-electron chi connectivity index (χ1n) is 7.28. The fourth-order valence-corrected chi connectivity index (χ4v) is 3.32. The van der Waals surface area contributed by atoms with Crippen LogP contribution in [0.3, 0.4) is 0 Å². The van der Waals surface area contributed by atoms with E-state index in [-0.39, 0.29) is 5.91 Å². The van der Waals surface area contributed by atoms with Crippen LogP contribution >= 0.6 is 11.8 Å². The highest BCUT2D eigenvalue weighted by molar-refractivity contribution is 8.18. The summed E-state index contributed by atoms with van der Waals surface area (Å²) in [4.78, 5) is 19.0. The molecule has 2 aliphatic rings. The number of methoxy groups -OCH3 is 2. The van der Waals surface area contributed by atoms with Crippen molar-refractivity contribution in [3.63, 3.8) is 0 Å². The molecule has 3 rings (SSSR count). The van der Waals surface area contributed by atoms with E-state index in [0.717, 1.165) is 23.8 Å². The van der Waals surface area contributed by atoms with Gasteiger partial charge in [-0.3, -0.25) is 4.79 Å². The summed E-state index contributed by atoms with van der Waals surface area (Å²) in [6.07, 6.45) is 1.81. The number of hydrogen-bond donors (Lipinski definition) is 0. The molecule has 122 valence electrons. The molecule has 2 aliphatic heterocycles. The van der Waals surface area contributed by atoms with Crippen LogP contribution in [0.5, 0.6) is 11.5 Å². The van der Waals surface area contributed by atoms with Gasteiger partial charge in [0.05, 0.1) is 32.3 Å². The third kappa shape index (κ3) is 3.51. The number of carbonyl (C=O) groups excluding carboxylic acids is 1. The first-order valence-corrected chi connectivity index (χ1v) is 8.10. The van der Waals surface area contributed by atoms with Crippen LogP contribution in [-0.4, -0.2) is 56.5 Å². The zero-order valence-corrected chi connectivity index (χ0v) is 13.9. The van der Waals surface area contributed by atoms with E-state index >= 15 is 0 Å². The molecule has 0 spiro atoms. The van der Waals surface area contributed by atoms with Crippen molar-refractivity contribution in [1.29, 1.82) is 0 Å². The van der Waals surface area contributed by atoms with Gasteiger partial charge in [-0.1, -0.05) is 0 Å². The lowest BCUT2D eigenvalue weighted by atomic mass is 10.1. The Morgan fingerprint density at radius 2 is 2.04 bits per heavy atom. The Kier molecular flexibility index (Phi) is 4.88. The van der Waals surface area contributed by atoms with Crippen LogP contribution < -0.4 is 9.47 Å². The van der Waals surface area contributed by atoms with Gasteiger partial charge < -0.3 is 19.1 Å². The topological polar surface area (TPSA) is 60.4 Å². The van der Waals surface area contributed by atoms with Crippen LogP contribution in [0.4, 0.5) is 0 Å². The Hall–Kier alpha value is -1.99. The van der Waals surface area contributed by atoms with Crippen molar-refractivity contribution >= 4 is 28.9 Å². The molecule has 0 bridgehead atoms. The summed E-state index contributed by atoms with van der Waals surface area (Å²) < 4.78 is 15.9. The second kappa shape index (κ2) is 7.06. The summed E-state index contributed by atoms with van der Waals surface area (Å²) in [7, 11) is 3.20. The van der Waals surface area contributed by atoms with Crippen LogP contribution in [-0.2, 0) is 9.53 Å². The van der Waals surface area contributed by atoms with Crippen LogP contribution in [0.2, 0.25) is 0 Å². The standard InChI is InChI=1S/C16H18N2O4S/c1-20-12-4-3-11(13(10-12)21-2)9-14-15(19)17-16(23-14)18-5-7-22-8-6-18/h3-4,9-10H,5-8H2,1-2H3/b14-9-. The molecule has 0 unspecified atom stereocenters. The number of amides is 1. The maximum Gasteiger partial charge on any atom is 0.286 e. The van der Waals surface area contributed by atoms with Crippen LogP contribution in [0.1, 0.15) is 5.56 Å². The highest BCUT2D eigenvalue weighted by Crippen LogP contribution is 2.33. The van der Waals surface area contributed by atoms with E-state index in [2.05, 4.69) is 9.89 Å². The minimum atomic E-state index is -0.214. The predicted octanol–water partition coefficient (Wildman–Crippen LogP) is 2.01. The SMILES string of the molecule is COc1ccc(/C=C2\SC(N3CCOCC3)=NC2=O)c(OC)c1. The Bertz CT molecular complexity index is 666. The zero-order valence-electron chi connectivity index (χ0n) is 13.1. The first-order chi connectivity index (χ1) is 11.2. The minimum Gasteiger partial charge on any atom is -0.497 e. The van der Waals surface area contributed by atoms with Crippen LogP contribution in [0.25, 0.3) is 6.08 Å². The molecular formula is C16H18N2O4S. The van der Waals surface area contributed by atoms with E-state index in [1.807, 2.05) is 18.2 Å². The lowest BCUT2D eigenvalue weighted by Gasteiger charge is -2.27. The normalized spacial score (nSPS) is 19.9. The maximum atomic E-state index is 12.2. The largest absolute Gasteiger partial charge is 0.497 e. The molecule has 2 heterocycles. The third-order valence-electron chi connectivity index (χ3n) is 3.62. The number of rotatable bonds is 3. The van der Waals surface area contributed by atoms with E-state index in [4.69, 9.17) is 14.2 Å². The van der Waals surface area contributed by atoms with Crippen molar-refractivity contribution in [1.82, 2.24) is 4.90 Å². The molecule has 0 radical (unpaired) electrons. The van der Waals surface area contributed by atoms with Gasteiger partial charge in [0.25, 0.3) is 5.91 Å². The Morgan fingerprint density at radius 3 is 2.74 bits per heavy atom. The first kappa shape index (κ1) is 15.9. The highest BCUT2D eigenvalue weighted by atomic mass is 32.2. The monoisotopic (exact) mass is 334 g/mol. The van der Waals surface area contributed by atoms with Gasteiger partial charge in [-0.15, -0.1) is 0 Å². The van der Waals surface area contributed by atoms with Gasteiger partial charge in [-0.05, 0) is 30.0 Å². The number of aliphatic imine (C=N–C) groups is 1. The van der Waals surface area contributed by atoms with Gasteiger partial charge in [0.2, 0.25) is 0 Å². The maximum absolute atomic E-state index is 12.2. The molecule has 23 heavy (non-hydrogen) atoms. The number of amidine groups is 1. The smallest absolute Gasteiger partial charge is 0.286 e.